The Bertz CT molecular complexity index is 743. The Hall–Kier alpha value is -1.53. The lowest BCUT2D eigenvalue weighted by Crippen LogP contribution is -1.93. The molecule has 7 heteroatoms. The van der Waals surface area contributed by atoms with Crippen LogP contribution in [0.25, 0.3) is 17.0 Å². The highest BCUT2D eigenvalue weighted by Crippen LogP contribution is 2.26. The number of fused-ring (bicyclic) bond motifs is 1. The SMILES string of the molecule is Fc1ccc(Br)cc1-c1nnc2c(Cl)nccn12. The Morgan fingerprint density at radius 2 is 2.11 bits per heavy atom. The molecule has 90 valence electrons. The first kappa shape index (κ1) is 11.6. The first-order valence-electron chi connectivity index (χ1n) is 4.97. The third-order valence-electron chi connectivity index (χ3n) is 2.45. The minimum absolute atomic E-state index is 0.228. The van der Waals surface area contributed by atoms with E-state index < -0.39 is 0 Å². The van der Waals surface area contributed by atoms with Gasteiger partial charge in [-0.1, -0.05) is 27.5 Å². The Morgan fingerprint density at radius 1 is 1.28 bits per heavy atom. The summed E-state index contributed by atoms with van der Waals surface area (Å²) in [5.41, 5.74) is 0.743. The minimum Gasteiger partial charge on any atom is -0.278 e. The molecular formula is C11H5BrClFN4. The van der Waals surface area contributed by atoms with Crippen LogP contribution in [-0.2, 0) is 0 Å². The van der Waals surface area contributed by atoms with Gasteiger partial charge < -0.3 is 0 Å². The summed E-state index contributed by atoms with van der Waals surface area (Å²) < 4.78 is 16.2. The highest BCUT2D eigenvalue weighted by Gasteiger charge is 2.14. The highest BCUT2D eigenvalue weighted by molar-refractivity contribution is 9.10. The van der Waals surface area contributed by atoms with Crippen molar-refractivity contribution in [2.24, 2.45) is 0 Å². The van der Waals surface area contributed by atoms with Gasteiger partial charge in [-0.15, -0.1) is 10.2 Å². The van der Waals surface area contributed by atoms with E-state index in [9.17, 15) is 4.39 Å². The van der Waals surface area contributed by atoms with Gasteiger partial charge in [0.25, 0.3) is 0 Å². The number of benzene rings is 1. The van der Waals surface area contributed by atoms with Gasteiger partial charge in [0.2, 0.25) is 0 Å². The molecule has 0 bridgehead atoms. The van der Waals surface area contributed by atoms with Gasteiger partial charge in [-0.25, -0.2) is 9.37 Å². The third-order valence-corrected chi connectivity index (χ3v) is 3.21. The fourth-order valence-corrected chi connectivity index (χ4v) is 2.20. The monoisotopic (exact) mass is 326 g/mol. The molecule has 0 saturated heterocycles. The van der Waals surface area contributed by atoms with E-state index in [2.05, 4.69) is 31.1 Å². The van der Waals surface area contributed by atoms with E-state index >= 15 is 0 Å². The third kappa shape index (κ3) is 1.77. The molecule has 4 nitrogen and oxygen atoms in total. The first-order valence-corrected chi connectivity index (χ1v) is 6.14. The Kier molecular flexibility index (Phi) is 2.76. The molecule has 2 aromatic heterocycles. The van der Waals surface area contributed by atoms with Crippen LogP contribution in [0.1, 0.15) is 0 Å². The lowest BCUT2D eigenvalue weighted by molar-refractivity contribution is 0.629. The van der Waals surface area contributed by atoms with Gasteiger partial charge in [0.15, 0.2) is 16.6 Å². The molecule has 0 radical (unpaired) electrons. The summed E-state index contributed by atoms with van der Waals surface area (Å²) in [6, 6.07) is 4.63. The van der Waals surface area contributed by atoms with Crippen molar-refractivity contribution >= 4 is 33.2 Å². The first-order chi connectivity index (χ1) is 8.66. The smallest absolute Gasteiger partial charge is 0.198 e. The number of rotatable bonds is 1. The molecule has 0 fully saturated rings. The van der Waals surface area contributed by atoms with E-state index in [4.69, 9.17) is 11.6 Å². The van der Waals surface area contributed by atoms with E-state index in [0.717, 1.165) is 4.47 Å². The molecule has 3 aromatic rings. The molecule has 0 unspecified atom stereocenters. The standard InChI is InChI=1S/C11H5BrClFN4/c12-6-1-2-8(14)7(5-6)10-16-17-11-9(13)15-3-4-18(10)11/h1-5H. The quantitative estimate of drug-likeness (QED) is 0.688. The summed E-state index contributed by atoms with van der Waals surface area (Å²) in [6.07, 6.45) is 3.15. The normalized spacial score (nSPS) is 11.1. The van der Waals surface area contributed by atoms with Crippen molar-refractivity contribution in [2.75, 3.05) is 0 Å². The van der Waals surface area contributed by atoms with Crippen molar-refractivity contribution < 1.29 is 4.39 Å². The molecule has 0 aliphatic heterocycles. The van der Waals surface area contributed by atoms with Gasteiger partial charge in [0, 0.05) is 16.9 Å². The second-order valence-corrected chi connectivity index (χ2v) is 4.83. The lowest BCUT2D eigenvalue weighted by Gasteiger charge is -2.02. The summed E-state index contributed by atoms with van der Waals surface area (Å²) in [5.74, 6) is 0.00790. The van der Waals surface area contributed by atoms with E-state index in [0.29, 0.717) is 17.0 Å². The molecular weight excluding hydrogens is 323 g/mol. The summed E-state index contributed by atoms with van der Waals surface area (Å²) in [6.45, 7) is 0. The van der Waals surface area contributed by atoms with Gasteiger partial charge in [0.05, 0.1) is 5.56 Å². The van der Waals surface area contributed by atoms with E-state index in [-0.39, 0.29) is 11.0 Å². The molecule has 0 spiro atoms. The Morgan fingerprint density at radius 3 is 2.94 bits per heavy atom. The van der Waals surface area contributed by atoms with Crippen LogP contribution >= 0.6 is 27.5 Å². The van der Waals surface area contributed by atoms with Crippen LogP contribution in [0, 0.1) is 5.82 Å². The maximum absolute atomic E-state index is 13.8. The number of halogens is 3. The number of hydrogen-bond acceptors (Lipinski definition) is 3. The van der Waals surface area contributed by atoms with E-state index in [1.807, 2.05) is 0 Å². The second kappa shape index (κ2) is 4.29. The summed E-state index contributed by atoms with van der Waals surface area (Å²) in [4.78, 5) is 3.89. The van der Waals surface area contributed by atoms with Gasteiger partial charge in [-0.05, 0) is 18.2 Å². The number of nitrogens with zero attached hydrogens (tertiary/aromatic N) is 4. The van der Waals surface area contributed by atoms with Crippen LogP contribution in [0.4, 0.5) is 4.39 Å². The van der Waals surface area contributed by atoms with Crippen molar-refractivity contribution in [3.05, 3.63) is 46.0 Å². The van der Waals surface area contributed by atoms with E-state index in [1.165, 1.54) is 12.3 Å². The summed E-state index contributed by atoms with van der Waals surface area (Å²) in [7, 11) is 0. The molecule has 0 N–H and O–H groups in total. The Labute approximate surface area is 115 Å². The number of aromatic nitrogens is 4. The van der Waals surface area contributed by atoms with Crippen molar-refractivity contribution in [3.8, 4) is 11.4 Å². The maximum Gasteiger partial charge on any atom is 0.198 e. The molecule has 0 amide bonds. The molecule has 18 heavy (non-hydrogen) atoms. The Balaban J connectivity index is 2.32. The molecule has 2 heterocycles. The van der Waals surface area contributed by atoms with Gasteiger partial charge in [-0.3, -0.25) is 4.40 Å². The summed E-state index contributed by atoms with van der Waals surface area (Å²) in [5, 5.41) is 8.09. The fourth-order valence-electron chi connectivity index (χ4n) is 1.65. The number of hydrogen-bond donors (Lipinski definition) is 0. The van der Waals surface area contributed by atoms with Crippen molar-refractivity contribution in [1.29, 1.82) is 0 Å². The molecule has 0 aliphatic rings. The second-order valence-electron chi connectivity index (χ2n) is 3.56. The highest BCUT2D eigenvalue weighted by atomic mass is 79.9. The molecule has 3 rings (SSSR count). The van der Waals surface area contributed by atoms with Gasteiger partial charge >= 0.3 is 0 Å². The minimum atomic E-state index is -0.375. The van der Waals surface area contributed by atoms with Crippen LogP contribution in [0.15, 0.2) is 35.1 Å². The van der Waals surface area contributed by atoms with Gasteiger partial charge in [0.1, 0.15) is 5.82 Å². The predicted molar refractivity (Wildman–Crippen MR) is 68.9 cm³/mol. The topological polar surface area (TPSA) is 43.1 Å². The van der Waals surface area contributed by atoms with Crippen LogP contribution in [0.2, 0.25) is 5.15 Å². The summed E-state index contributed by atoms with van der Waals surface area (Å²) >= 11 is 9.19. The van der Waals surface area contributed by atoms with Crippen LogP contribution in [0.5, 0.6) is 0 Å². The maximum atomic E-state index is 13.8. The van der Waals surface area contributed by atoms with Crippen molar-refractivity contribution in [3.63, 3.8) is 0 Å². The van der Waals surface area contributed by atoms with Crippen LogP contribution < -0.4 is 0 Å². The van der Waals surface area contributed by atoms with Crippen LogP contribution in [0.3, 0.4) is 0 Å². The van der Waals surface area contributed by atoms with Gasteiger partial charge in [-0.2, -0.15) is 0 Å². The van der Waals surface area contributed by atoms with Crippen molar-refractivity contribution in [1.82, 2.24) is 19.6 Å². The van der Waals surface area contributed by atoms with Crippen LogP contribution in [-0.4, -0.2) is 19.6 Å². The molecule has 0 aliphatic carbocycles. The lowest BCUT2D eigenvalue weighted by atomic mass is 10.2. The average Bonchev–Trinajstić information content (AvgIpc) is 2.77. The molecule has 0 saturated carbocycles. The zero-order chi connectivity index (χ0) is 12.7. The van der Waals surface area contributed by atoms with E-state index in [1.54, 1.807) is 22.7 Å². The fraction of sp³-hybridized carbons (Fsp3) is 0. The zero-order valence-corrected chi connectivity index (χ0v) is 11.2. The zero-order valence-electron chi connectivity index (χ0n) is 8.81. The van der Waals surface area contributed by atoms with Crippen molar-refractivity contribution in [2.45, 2.75) is 0 Å². The molecule has 0 atom stereocenters. The largest absolute Gasteiger partial charge is 0.278 e. The predicted octanol–water partition coefficient (Wildman–Crippen LogP) is 3.35. The average molecular weight is 328 g/mol. The molecule has 1 aromatic carbocycles.